The zero-order chi connectivity index (χ0) is 18.2. The van der Waals surface area contributed by atoms with Crippen molar-refractivity contribution in [3.8, 4) is 0 Å². The monoisotopic (exact) mass is 354 g/mol. The van der Waals surface area contributed by atoms with Gasteiger partial charge in [-0.25, -0.2) is 0 Å². The molecule has 2 atom stereocenters. The Kier molecular flexibility index (Phi) is 8.99. The van der Waals surface area contributed by atoms with E-state index in [0.717, 1.165) is 17.9 Å². The number of unbranched alkanes of at least 4 members (excludes halogenated alkanes) is 4. The normalized spacial score (nSPS) is 14.5. The van der Waals surface area contributed by atoms with E-state index in [-0.39, 0.29) is 4.90 Å². The van der Waals surface area contributed by atoms with E-state index in [4.69, 9.17) is 4.55 Å². The minimum absolute atomic E-state index is 0.0137. The zero-order valence-corrected chi connectivity index (χ0v) is 16.5. The van der Waals surface area contributed by atoms with Crippen LogP contribution in [0.25, 0.3) is 0 Å². The predicted molar refractivity (Wildman–Crippen MR) is 101 cm³/mol. The summed E-state index contributed by atoms with van der Waals surface area (Å²) in [5.41, 5.74) is 1.77. The number of aryl methyl sites for hydroxylation is 1. The Morgan fingerprint density at radius 3 is 2.12 bits per heavy atom. The maximum Gasteiger partial charge on any atom is 0.294 e. The smallest absolute Gasteiger partial charge is 0.282 e. The second-order valence-corrected chi connectivity index (χ2v) is 8.65. The lowest BCUT2D eigenvalue weighted by molar-refractivity contribution is 0.468. The average Bonchev–Trinajstić information content (AvgIpc) is 2.52. The quantitative estimate of drug-likeness (QED) is 0.384. The molecule has 4 heteroatoms. The van der Waals surface area contributed by atoms with Crippen molar-refractivity contribution in [3.63, 3.8) is 0 Å². The van der Waals surface area contributed by atoms with Crippen LogP contribution in [0, 0.1) is 12.8 Å². The van der Waals surface area contributed by atoms with Gasteiger partial charge in [0.05, 0.1) is 4.90 Å². The summed E-state index contributed by atoms with van der Waals surface area (Å²) < 4.78 is 31.7. The van der Waals surface area contributed by atoms with E-state index in [0.29, 0.717) is 11.5 Å². The molecule has 1 aromatic carbocycles. The highest BCUT2D eigenvalue weighted by Gasteiger charge is 2.14. The average molecular weight is 355 g/mol. The van der Waals surface area contributed by atoms with E-state index in [1.54, 1.807) is 6.92 Å². The first kappa shape index (κ1) is 21.2. The first-order valence-electron chi connectivity index (χ1n) is 9.33. The van der Waals surface area contributed by atoms with Crippen LogP contribution in [0.15, 0.2) is 23.1 Å². The number of rotatable bonds is 11. The fourth-order valence-electron chi connectivity index (χ4n) is 3.11. The Bertz CT molecular complexity index is 593. The Hall–Kier alpha value is -0.870. The molecule has 0 bridgehead atoms. The molecule has 0 saturated heterocycles. The van der Waals surface area contributed by atoms with Crippen LogP contribution in [0.5, 0.6) is 0 Å². The Labute approximate surface area is 148 Å². The molecule has 24 heavy (non-hydrogen) atoms. The first-order chi connectivity index (χ1) is 11.3. The van der Waals surface area contributed by atoms with Crippen molar-refractivity contribution in [2.45, 2.75) is 89.9 Å². The highest BCUT2D eigenvalue weighted by molar-refractivity contribution is 7.85. The number of hydrogen-bond acceptors (Lipinski definition) is 2. The summed E-state index contributed by atoms with van der Waals surface area (Å²) in [6.07, 6.45) is 10.2. The van der Waals surface area contributed by atoms with Crippen molar-refractivity contribution in [2.75, 3.05) is 0 Å². The lowest BCUT2D eigenvalue weighted by atomic mass is 9.93. The molecule has 0 fully saturated rings. The molecule has 0 aliphatic heterocycles. The molecule has 0 aliphatic rings. The minimum atomic E-state index is -4.11. The van der Waals surface area contributed by atoms with Gasteiger partial charge in [-0.2, -0.15) is 8.42 Å². The van der Waals surface area contributed by atoms with Crippen molar-refractivity contribution < 1.29 is 13.0 Å². The van der Waals surface area contributed by atoms with Crippen LogP contribution < -0.4 is 0 Å². The van der Waals surface area contributed by atoms with E-state index >= 15 is 0 Å². The molecule has 0 aromatic heterocycles. The molecule has 0 heterocycles. The van der Waals surface area contributed by atoms with Gasteiger partial charge < -0.3 is 0 Å². The number of hydrogen-bond donors (Lipinski definition) is 1. The van der Waals surface area contributed by atoms with Crippen LogP contribution in [-0.2, 0) is 10.1 Å². The topological polar surface area (TPSA) is 54.4 Å². The van der Waals surface area contributed by atoms with Crippen molar-refractivity contribution in [2.24, 2.45) is 5.92 Å². The molecule has 3 nitrogen and oxygen atoms in total. The molecular weight excluding hydrogens is 320 g/mol. The summed E-state index contributed by atoms with van der Waals surface area (Å²) in [7, 11) is -4.11. The standard InChI is InChI=1S/C20H34O3S/c1-5-16(2)11-9-7-6-8-10-12-17(3)19-13-14-20(18(4)15-19)24(21,22)23/h13-17H,5-12H2,1-4H3,(H,21,22,23). The van der Waals surface area contributed by atoms with Crippen molar-refractivity contribution >= 4 is 10.1 Å². The van der Waals surface area contributed by atoms with Gasteiger partial charge in [0.25, 0.3) is 10.1 Å². The Morgan fingerprint density at radius 1 is 1.00 bits per heavy atom. The van der Waals surface area contributed by atoms with Gasteiger partial charge in [0.2, 0.25) is 0 Å². The minimum Gasteiger partial charge on any atom is -0.282 e. The highest BCUT2D eigenvalue weighted by atomic mass is 32.2. The van der Waals surface area contributed by atoms with E-state index < -0.39 is 10.1 Å². The van der Waals surface area contributed by atoms with Crippen LogP contribution in [0.4, 0.5) is 0 Å². The summed E-state index contributed by atoms with van der Waals surface area (Å²) >= 11 is 0. The second-order valence-electron chi connectivity index (χ2n) is 7.26. The van der Waals surface area contributed by atoms with Crippen LogP contribution >= 0.6 is 0 Å². The molecule has 0 spiro atoms. The van der Waals surface area contributed by atoms with Gasteiger partial charge in [0.1, 0.15) is 0 Å². The van der Waals surface area contributed by atoms with E-state index in [1.165, 1.54) is 51.0 Å². The molecule has 0 amide bonds. The van der Waals surface area contributed by atoms with Crippen LogP contribution in [-0.4, -0.2) is 13.0 Å². The third-order valence-corrected chi connectivity index (χ3v) is 6.09. The molecule has 1 rings (SSSR count). The van der Waals surface area contributed by atoms with Gasteiger partial charge in [0.15, 0.2) is 0 Å². The van der Waals surface area contributed by atoms with Crippen LogP contribution in [0.1, 0.15) is 89.2 Å². The van der Waals surface area contributed by atoms with Gasteiger partial charge in [-0.1, -0.05) is 77.8 Å². The summed E-state index contributed by atoms with van der Waals surface area (Å²) in [4.78, 5) is 0.0137. The predicted octanol–water partition coefficient (Wildman–Crippen LogP) is 6.12. The molecular formula is C20H34O3S. The molecule has 1 aromatic rings. The van der Waals surface area contributed by atoms with E-state index in [1.807, 2.05) is 12.1 Å². The lowest BCUT2D eigenvalue weighted by Crippen LogP contribution is -2.03. The SMILES string of the molecule is CCC(C)CCCCCCCC(C)c1ccc(S(=O)(=O)O)c(C)c1. The fourth-order valence-corrected chi connectivity index (χ4v) is 3.82. The molecule has 1 N–H and O–H groups in total. The highest BCUT2D eigenvalue weighted by Crippen LogP contribution is 2.26. The van der Waals surface area contributed by atoms with Gasteiger partial charge in [-0.15, -0.1) is 0 Å². The third kappa shape index (κ3) is 7.35. The summed E-state index contributed by atoms with van der Waals surface area (Å²) in [6.45, 7) is 8.51. The van der Waals surface area contributed by atoms with Crippen molar-refractivity contribution in [3.05, 3.63) is 29.3 Å². The first-order valence-corrected chi connectivity index (χ1v) is 10.8. The summed E-state index contributed by atoms with van der Waals surface area (Å²) in [5, 5.41) is 0. The van der Waals surface area contributed by atoms with Crippen molar-refractivity contribution in [1.82, 2.24) is 0 Å². The van der Waals surface area contributed by atoms with E-state index in [9.17, 15) is 8.42 Å². The molecule has 0 aliphatic carbocycles. The third-order valence-electron chi connectivity index (χ3n) is 5.08. The fraction of sp³-hybridized carbons (Fsp3) is 0.700. The lowest BCUT2D eigenvalue weighted by Gasteiger charge is -2.14. The van der Waals surface area contributed by atoms with Crippen LogP contribution in [0.3, 0.4) is 0 Å². The molecule has 138 valence electrons. The van der Waals surface area contributed by atoms with Crippen molar-refractivity contribution in [1.29, 1.82) is 0 Å². The van der Waals surface area contributed by atoms with E-state index in [2.05, 4.69) is 20.8 Å². The Morgan fingerprint density at radius 2 is 1.58 bits per heavy atom. The molecule has 0 saturated carbocycles. The maximum absolute atomic E-state index is 11.2. The van der Waals surface area contributed by atoms with Gasteiger partial charge in [0, 0.05) is 0 Å². The summed E-state index contributed by atoms with van der Waals surface area (Å²) in [6, 6.07) is 5.23. The zero-order valence-electron chi connectivity index (χ0n) is 15.7. The summed E-state index contributed by atoms with van der Waals surface area (Å²) in [5.74, 6) is 1.28. The largest absolute Gasteiger partial charge is 0.294 e. The van der Waals surface area contributed by atoms with Gasteiger partial charge in [-0.05, 0) is 42.4 Å². The molecule has 2 unspecified atom stereocenters. The van der Waals surface area contributed by atoms with Gasteiger partial charge >= 0.3 is 0 Å². The van der Waals surface area contributed by atoms with Crippen LogP contribution in [0.2, 0.25) is 0 Å². The maximum atomic E-state index is 11.2. The molecule has 0 radical (unpaired) electrons. The van der Waals surface area contributed by atoms with Gasteiger partial charge in [-0.3, -0.25) is 4.55 Å². The Balaban J connectivity index is 2.33. The number of benzene rings is 1. The second kappa shape index (κ2) is 10.2.